The van der Waals surface area contributed by atoms with Crippen molar-refractivity contribution in [3.63, 3.8) is 0 Å². The van der Waals surface area contributed by atoms with E-state index in [4.69, 9.17) is 0 Å². The standard InChI is InChI=1S/C15H17FN4OS/c1-11-17-18-15(22-11)20-8-6-19(7-9-20)14(21)10-12-2-4-13(16)5-3-12/h2-5H,6-10H2,1H3. The number of carbonyl (C=O) groups is 1. The van der Waals surface area contributed by atoms with Crippen molar-refractivity contribution in [3.05, 3.63) is 40.7 Å². The normalized spacial score (nSPS) is 15.2. The molecule has 0 saturated carbocycles. The Hall–Kier alpha value is -2.02. The molecule has 7 heteroatoms. The molecular formula is C15H17FN4OS. The van der Waals surface area contributed by atoms with Crippen LogP contribution in [-0.2, 0) is 11.2 Å². The second-order valence-electron chi connectivity index (χ2n) is 5.27. The van der Waals surface area contributed by atoms with Crippen molar-refractivity contribution < 1.29 is 9.18 Å². The molecule has 1 amide bonds. The monoisotopic (exact) mass is 320 g/mol. The number of aromatic nitrogens is 2. The molecule has 0 atom stereocenters. The van der Waals surface area contributed by atoms with Crippen LogP contribution in [0.4, 0.5) is 9.52 Å². The highest BCUT2D eigenvalue weighted by Crippen LogP contribution is 2.21. The predicted molar refractivity (Wildman–Crippen MR) is 83.5 cm³/mol. The van der Waals surface area contributed by atoms with E-state index in [2.05, 4.69) is 15.1 Å². The minimum absolute atomic E-state index is 0.0831. The Balaban J connectivity index is 1.54. The Labute approximate surface area is 132 Å². The number of aryl methyl sites for hydroxylation is 1. The van der Waals surface area contributed by atoms with Crippen LogP contribution in [0.1, 0.15) is 10.6 Å². The van der Waals surface area contributed by atoms with Crippen LogP contribution in [0.25, 0.3) is 0 Å². The molecule has 1 aliphatic rings. The summed E-state index contributed by atoms with van der Waals surface area (Å²) in [5.41, 5.74) is 0.841. The lowest BCUT2D eigenvalue weighted by molar-refractivity contribution is -0.130. The fraction of sp³-hybridized carbons (Fsp3) is 0.400. The molecule has 1 aliphatic heterocycles. The van der Waals surface area contributed by atoms with Gasteiger partial charge in [-0.25, -0.2) is 4.39 Å². The fourth-order valence-corrected chi connectivity index (χ4v) is 3.19. The minimum Gasteiger partial charge on any atom is -0.343 e. The van der Waals surface area contributed by atoms with Crippen LogP contribution in [0.2, 0.25) is 0 Å². The van der Waals surface area contributed by atoms with Crippen LogP contribution in [-0.4, -0.2) is 47.2 Å². The van der Waals surface area contributed by atoms with Crippen LogP contribution < -0.4 is 4.90 Å². The van der Waals surface area contributed by atoms with Gasteiger partial charge in [-0.2, -0.15) is 0 Å². The van der Waals surface area contributed by atoms with Crippen molar-refractivity contribution in [2.75, 3.05) is 31.1 Å². The van der Waals surface area contributed by atoms with Crippen LogP contribution in [0.3, 0.4) is 0 Å². The number of piperazine rings is 1. The molecule has 2 heterocycles. The highest BCUT2D eigenvalue weighted by atomic mass is 32.1. The molecule has 5 nitrogen and oxygen atoms in total. The van der Waals surface area contributed by atoms with Gasteiger partial charge in [0.2, 0.25) is 11.0 Å². The third-order valence-corrected chi connectivity index (χ3v) is 4.59. The van der Waals surface area contributed by atoms with Gasteiger partial charge < -0.3 is 9.80 Å². The van der Waals surface area contributed by atoms with E-state index in [1.807, 2.05) is 11.8 Å². The van der Waals surface area contributed by atoms with Gasteiger partial charge in [-0.15, -0.1) is 10.2 Å². The summed E-state index contributed by atoms with van der Waals surface area (Å²) >= 11 is 1.57. The molecule has 1 aromatic carbocycles. The van der Waals surface area contributed by atoms with E-state index < -0.39 is 0 Å². The zero-order valence-corrected chi connectivity index (χ0v) is 13.1. The Morgan fingerprint density at radius 3 is 2.45 bits per heavy atom. The molecule has 0 aliphatic carbocycles. The lowest BCUT2D eigenvalue weighted by Gasteiger charge is -2.34. The summed E-state index contributed by atoms with van der Waals surface area (Å²) in [6.45, 7) is 4.83. The minimum atomic E-state index is -0.280. The second-order valence-corrected chi connectivity index (χ2v) is 6.43. The molecule has 1 aromatic heterocycles. The molecule has 116 valence electrons. The van der Waals surface area contributed by atoms with Crippen LogP contribution >= 0.6 is 11.3 Å². The third-order valence-electron chi connectivity index (χ3n) is 3.69. The van der Waals surface area contributed by atoms with Crippen molar-refractivity contribution in [1.82, 2.24) is 15.1 Å². The number of hydrogen-bond acceptors (Lipinski definition) is 5. The Kier molecular flexibility index (Phi) is 4.33. The number of rotatable bonds is 3. The second kappa shape index (κ2) is 6.39. The van der Waals surface area contributed by atoms with Crippen molar-refractivity contribution in [2.24, 2.45) is 0 Å². The molecule has 1 saturated heterocycles. The molecule has 0 N–H and O–H groups in total. The number of anilines is 1. The number of amides is 1. The van der Waals surface area contributed by atoms with Crippen LogP contribution in [0, 0.1) is 12.7 Å². The zero-order valence-electron chi connectivity index (χ0n) is 12.3. The lowest BCUT2D eigenvalue weighted by atomic mass is 10.1. The number of halogens is 1. The highest BCUT2D eigenvalue weighted by Gasteiger charge is 2.23. The van der Waals surface area contributed by atoms with E-state index in [1.165, 1.54) is 12.1 Å². The van der Waals surface area contributed by atoms with Gasteiger partial charge >= 0.3 is 0 Å². The smallest absolute Gasteiger partial charge is 0.227 e. The summed E-state index contributed by atoms with van der Waals surface area (Å²) < 4.78 is 12.9. The van der Waals surface area contributed by atoms with E-state index in [0.717, 1.165) is 28.8 Å². The van der Waals surface area contributed by atoms with Crippen molar-refractivity contribution >= 4 is 22.4 Å². The SMILES string of the molecule is Cc1nnc(N2CCN(C(=O)Cc3ccc(F)cc3)CC2)s1. The molecule has 2 aromatic rings. The van der Waals surface area contributed by atoms with Crippen molar-refractivity contribution in [1.29, 1.82) is 0 Å². The molecule has 0 spiro atoms. The summed E-state index contributed by atoms with van der Waals surface area (Å²) in [6, 6.07) is 6.09. The molecular weight excluding hydrogens is 303 g/mol. The lowest BCUT2D eigenvalue weighted by Crippen LogP contribution is -2.49. The first-order valence-corrected chi connectivity index (χ1v) is 8.01. The molecule has 0 bridgehead atoms. The molecule has 0 unspecified atom stereocenters. The van der Waals surface area contributed by atoms with Gasteiger partial charge in [0.25, 0.3) is 0 Å². The predicted octanol–water partition coefficient (Wildman–Crippen LogP) is 1.88. The van der Waals surface area contributed by atoms with Gasteiger partial charge in [-0.3, -0.25) is 4.79 Å². The Morgan fingerprint density at radius 1 is 1.18 bits per heavy atom. The summed E-state index contributed by atoms with van der Waals surface area (Å²) in [5, 5.41) is 10.0. The molecule has 3 rings (SSSR count). The largest absolute Gasteiger partial charge is 0.343 e. The van der Waals surface area contributed by atoms with Crippen molar-refractivity contribution in [2.45, 2.75) is 13.3 Å². The fourth-order valence-electron chi connectivity index (χ4n) is 2.45. The zero-order chi connectivity index (χ0) is 15.5. The van der Waals surface area contributed by atoms with Crippen LogP contribution in [0.15, 0.2) is 24.3 Å². The first kappa shape index (κ1) is 14.9. The van der Waals surface area contributed by atoms with Gasteiger partial charge in [0.15, 0.2) is 0 Å². The maximum absolute atomic E-state index is 12.9. The topological polar surface area (TPSA) is 49.3 Å². The summed E-state index contributed by atoms with van der Waals surface area (Å²) in [5.74, 6) is -0.197. The molecule has 1 fully saturated rings. The summed E-state index contributed by atoms with van der Waals surface area (Å²) in [4.78, 5) is 16.3. The van der Waals surface area contributed by atoms with E-state index in [-0.39, 0.29) is 11.7 Å². The number of hydrogen-bond donors (Lipinski definition) is 0. The van der Waals surface area contributed by atoms with Gasteiger partial charge in [-0.05, 0) is 24.6 Å². The first-order chi connectivity index (χ1) is 10.6. The van der Waals surface area contributed by atoms with Crippen molar-refractivity contribution in [3.8, 4) is 0 Å². The van der Waals surface area contributed by atoms with Crippen LogP contribution in [0.5, 0.6) is 0 Å². The quantitative estimate of drug-likeness (QED) is 0.866. The summed E-state index contributed by atoms with van der Waals surface area (Å²) in [6.07, 6.45) is 0.318. The van der Waals surface area contributed by atoms with E-state index in [9.17, 15) is 9.18 Å². The first-order valence-electron chi connectivity index (χ1n) is 7.19. The number of benzene rings is 1. The Morgan fingerprint density at radius 2 is 1.86 bits per heavy atom. The highest BCUT2D eigenvalue weighted by molar-refractivity contribution is 7.15. The third kappa shape index (κ3) is 3.41. The Bertz CT molecular complexity index is 650. The summed E-state index contributed by atoms with van der Waals surface area (Å²) in [7, 11) is 0. The average molecular weight is 320 g/mol. The molecule has 0 radical (unpaired) electrons. The van der Waals surface area contributed by atoms with E-state index >= 15 is 0 Å². The average Bonchev–Trinajstić information content (AvgIpc) is 2.96. The van der Waals surface area contributed by atoms with E-state index in [1.54, 1.807) is 23.5 Å². The number of nitrogens with zero attached hydrogens (tertiary/aromatic N) is 4. The molecule has 22 heavy (non-hydrogen) atoms. The maximum Gasteiger partial charge on any atom is 0.227 e. The van der Waals surface area contributed by atoms with E-state index in [0.29, 0.717) is 19.5 Å². The number of carbonyl (C=O) groups excluding carboxylic acids is 1. The van der Waals surface area contributed by atoms with Gasteiger partial charge in [0.1, 0.15) is 10.8 Å². The van der Waals surface area contributed by atoms with Gasteiger partial charge in [-0.1, -0.05) is 23.5 Å². The van der Waals surface area contributed by atoms with Gasteiger partial charge in [0, 0.05) is 26.2 Å². The maximum atomic E-state index is 12.9. The van der Waals surface area contributed by atoms with Gasteiger partial charge in [0.05, 0.1) is 6.42 Å².